The Morgan fingerprint density at radius 3 is 2.57 bits per heavy atom. The monoisotopic (exact) mass is 193 g/mol. The van der Waals surface area contributed by atoms with Gasteiger partial charge in [0, 0.05) is 12.4 Å². The standard InChI is InChI=1S/C9H7NO4/c11-7-4-8(12)14-9(13-7)6-2-1-3-10-5-6/h1-3,5,9H,4H2. The highest BCUT2D eigenvalue weighted by Crippen LogP contribution is 2.22. The molecule has 1 aliphatic rings. The maximum atomic E-state index is 10.9. The van der Waals surface area contributed by atoms with E-state index in [9.17, 15) is 9.59 Å². The first-order chi connectivity index (χ1) is 6.75. The average molecular weight is 193 g/mol. The van der Waals surface area contributed by atoms with E-state index in [1.165, 1.54) is 6.20 Å². The van der Waals surface area contributed by atoms with Gasteiger partial charge in [0.05, 0.1) is 5.56 Å². The van der Waals surface area contributed by atoms with Crippen molar-refractivity contribution in [2.45, 2.75) is 12.7 Å². The number of esters is 2. The molecular weight excluding hydrogens is 186 g/mol. The van der Waals surface area contributed by atoms with Crippen LogP contribution in [0, 0.1) is 0 Å². The Morgan fingerprint density at radius 1 is 1.29 bits per heavy atom. The van der Waals surface area contributed by atoms with Crippen LogP contribution in [0.4, 0.5) is 0 Å². The largest absolute Gasteiger partial charge is 0.420 e. The molecule has 5 heteroatoms. The van der Waals surface area contributed by atoms with Gasteiger partial charge in [-0.2, -0.15) is 0 Å². The zero-order valence-corrected chi connectivity index (χ0v) is 7.17. The van der Waals surface area contributed by atoms with Crippen molar-refractivity contribution in [3.8, 4) is 0 Å². The van der Waals surface area contributed by atoms with Crippen molar-refractivity contribution in [1.29, 1.82) is 0 Å². The van der Waals surface area contributed by atoms with Crippen molar-refractivity contribution in [2.24, 2.45) is 0 Å². The van der Waals surface area contributed by atoms with Gasteiger partial charge in [0.1, 0.15) is 6.42 Å². The van der Waals surface area contributed by atoms with Gasteiger partial charge in [-0.05, 0) is 12.1 Å². The fourth-order valence-corrected chi connectivity index (χ4v) is 1.12. The van der Waals surface area contributed by atoms with Gasteiger partial charge in [-0.1, -0.05) is 0 Å². The van der Waals surface area contributed by atoms with Crippen molar-refractivity contribution < 1.29 is 19.1 Å². The van der Waals surface area contributed by atoms with Gasteiger partial charge < -0.3 is 9.47 Å². The molecule has 5 nitrogen and oxygen atoms in total. The lowest BCUT2D eigenvalue weighted by atomic mass is 10.2. The van der Waals surface area contributed by atoms with Gasteiger partial charge in [-0.25, -0.2) is 0 Å². The molecular formula is C9H7NO4. The zero-order chi connectivity index (χ0) is 9.97. The molecule has 0 amide bonds. The number of carbonyl (C=O) groups is 2. The van der Waals surface area contributed by atoms with Gasteiger partial charge in [0.2, 0.25) is 0 Å². The lowest BCUT2D eigenvalue weighted by molar-refractivity contribution is -0.204. The van der Waals surface area contributed by atoms with E-state index >= 15 is 0 Å². The van der Waals surface area contributed by atoms with E-state index in [1.807, 2.05) is 0 Å². The van der Waals surface area contributed by atoms with Crippen molar-refractivity contribution in [1.82, 2.24) is 4.98 Å². The molecule has 0 aromatic carbocycles. The molecule has 0 radical (unpaired) electrons. The van der Waals surface area contributed by atoms with Crippen LogP contribution in [-0.2, 0) is 19.1 Å². The second kappa shape index (κ2) is 3.45. The minimum Gasteiger partial charge on any atom is -0.420 e. The Hall–Kier alpha value is -1.91. The maximum absolute atomic E-state index is 10.9. The van der Waals surface area contributed by atoms with Gasteiger partial charge in [-0.15, -0.1) is 0 Å². The molecule has 0 spiro atoms. The van der Waals surface area contributed by atoms with Crippen LogP contribution in [0.2, 0.25) is 0 Å². The number of hydrogen-bond donors (Lipinski definition) is 0. The number of carbonyl (C=O) groups excluding carboxylic acids is 2. The smallest absolute Gasteiger partial charge is 0.320 e. The van der Waals surface area contributed by atoms with Crippen molar-refractivity contribution in [3.63, 3.8) is 0 Å². The van der Waals surface area contributed by atoms with Crippen LogP contribution < -0.4 is 0 Å². The summed E-state index contributed by atoms with van der Waals surface area (Å²) in [6.45, 7) is 0. The molecule has 2 heterocycles. The minimum atomic E-state index is -0.947. The molecule has 1 fully saturated rings. The summed E-state index contributed by atoms with van der Waals surface area (Å²) < 4.78 is 9.64. The molecule has 0 bridgehead atoms. The molecule has 1 aromatic heterocycles. The van der Waals surface area contributed by atoms with Crippen molar-refractivity contribution in [2.75, 3.05) is 0 Å². The quantitative estimate of drug-likeness (QED) is 0.482. The van der Waals surface area contributed by atoms with E-state index in [0.717, 1.165) is 0 Å². The molecule has 1 saturated heterocycles. The van der Waals surface area contributed by atoms with Crippen LogP contribution in [0.1, 0.15) is 18.3 Å². The highest BCUT2D eigenvalue weighted by Gasteiger charge is 2.28. The third-order valence-electron chi connectivity index (χ3n) is 1.72. The van der Waals surface area contributed by atoms with Gasteiger partial charge >= 0.3 is 11.9 Å². The SMILES string of the molecule is O=C1CC(=O)OC(c2cccnc2)O1. The Bertz CT molecular complexity index is 346. The van der Waals surface area contributed by atoms with Crippen LogP contribution in [0.15, 0.2) is 24.5 Å². The Kier molecular flexibility index (Phi) is 2.14. The topological polar surface area (TPSA) is 65.5 Å². The van der Waals surface area contributed by atoms with Crippen LogP contribution >= 0.6 is 0 Å². The normalized spacial score (nSPS) is 17.4. The molecule has 2 rings (SSSR count). The molecule has 0 atom stereocenters. The van der Waals surface area contributed by atoms with Crippen LogP contribution in [-0.4, -0.2) is 16.9 Å². The van der Waals surface area contributed by atoms with Crippen LogP contribution in [0.25, 0.3) is 0 Å². The average Bonchev–Trinajstić information content (AvgIpc) is 2.18. The number of aromatic nitrogens is 1. The summed E-state index contributed by atoms with van der Waals surface area (Å²) in [5.74, 6) is -1.15. The first-order valence-corrected chi connectivity index (χ1v) is 4.04. The molecule has 14 heavy (non-hydrogen) atoms. The van der Waals surface area contributed by atoms with E-state index in [0.29, 0.717) is 5.56 Å². The van der Waals surface area contributed by atoms with Crippen molar-refractivity contribution >= 4 is 11.9 Å². The van der Waals surface area contributed by atoms with E-state index in [1.54, 1.807) is 18.3 Å². The molecule has 1 aliphatic heterocycles. The summed E-state index contributed by atoms with van der Waals surface area (Å²) in [6.07, 6.45) is 1.79. The molecule has 0 N–H and O–H groups in total. The van der Waals surface area contributed by atoms with Gasteiger partial charge in [0.25, 0.3) is 6.29 Å². The number of cyclic esters (lactones) is 2. The van der Waals surface area contributed by atoms with E-state index in [-0.39, 0.29) is 6.42 Å². The summed E-state index contributed by atoms with van der Waals surface area (Å²) in [5.41, 5.74) is 0.550. The summed E-state index contributed by atoms with van der Waals surface area (Å²) in [7, 11) is 0. The Morgan fingerprint density at radius 2 is 2.00 bits per heavy atom. The Labute approximate surface area is 79.7 Å². The first kappa shape index (κ1) is 8.68. The van der Waals surface area contributed by atoms with Crippen molar-refractivity contribution in [3.05, 3.63) is 30.1 Å². The van der Waals surface area contributed by atoms with Crippen LogP contribution in [0.3, 0.4) is 0 Å². The number of hydrogen-bond acceptors (Lipinski definition) is 5. The fourth-order valence-electron chi connectivity index (χ4n) is 1.12. The van der Waals surface area contributed by atoms with Gasteiger partial charge in [-0.3, -0.25) is 14.6 Å². The number of rotatable bonds is 1. The highest BCUT2D eigenvalue weighted by atomic mass is 16.7. The zero-order valence-electron chi connectivity index (χ0n) is 7.17. The second-order valence-corrected chi connectivity index (χ2v) is 2.77. The molecule has 0 saturated carbocycles. The maximum Gasteiger partial charge on any atom is 0.320 e. The number of pyridine rings is 1. The lowest BCUT2D eigenvalue weighted by Crippen LogP contribution is -2.26. The Balaban J connectivity index is 2.19. The minimum absolute atomic E-state index is 0.323. The number of nitrogens with zero attached hydrogens (tertiary/aromatic N) is 1. The summed E-state index contributed by atoms with van der Waals surface area (Å²) in [4.78, 5) is 25.7. The predicted octanol–water partition coefficient (Wildman–Crippen LogP) is 0.570. The van der Waals surface area contributed by atoms with Gasteiger partial charge in [0.15, 0.2) is 0 Å². The third kappa shape index (κ3) is 1.71. The van der Waals surface area contributed by atoms with E-state index < -0.39 is 18.2 Å². The molecule has 72 valence electrons. The fraction of sp³-hybridized carbons (Fsp3) is 0.222. The molecule has 0 aliphatic carbocycles. The lowest BCUT2D eigenvalue weighted by Gasteiger charge is -2.21. The van der Waals surface area contributed by atoms with E-state index in [2.05, 4.69) is 4.98 Å². The highest BCUT2D eigenvalue weighted by molar-refractivity contribution is 5.92. The van der Waals surface area contributed by atoms with E-state index in [4.69, 9.17) is 9.47 Å². The molecule has 0 unspecified atom stereocenters. The third-order valence-corrected chi connectivity index (χ3v) is 1.72. The van der Waals surface area contributed by atoms with Crippen LogP contribution in [0.5, 0.6) is 0 Å². The molecule has 1 aromatic rings. The summed E-state index contributed by atoms with van der Waals surface area (Å²) in [6, 6.07) is 3.34. The predicted molar refractivity (Wildman–Crippen MR) is 43.8 cm³/mol. The number of ether oxygens (including phenoxy) is 2. The second-order valence-electron chi connectivity index (χ2n) is 2.77. The first-order valence-electron chi connectivity index (χ1n) is 4.04. The summed E-state index contributed by atoms with van der Waals surface area (Å²) >= 11 is 0. The summed E-state index contributed by atoms with van der Waals surface area (Å²) in [5, 5.41) is 0.